The topological polar surface area (TPSA) is 84.9 Å². The third-order valence-electron chi connectivity index (χ3n) is 7.32. The Morgan fingerprint density at radius 1 is 0.973 bits per heavy atom. The Balaban J connectivity index is 1.41. The van der Waals surface area contributed by atoms with Gasteiger partial charge in [-0.2, -0.15) is 0 Å². The average Bonchev–Trinajstić information content (AvgIpc) is 2.92. The van der Waals surface area contributed by atoms with Crippen molar-refractivity contribution in [2.24, 2.45) is 0 Å². The van der Waals surface area contributed by atoms with Crippen LogP contribution in [0, 0.1) is 13.8 Å². The number of anilines is 1. The van der Waals surface area contributed by atoms with Crippen LogP contribution in [0.3, 0.4) is 0 Å². The molecule has 8 heteroatoms. The summed E-state index contributed by atoms with van der Waals surface area (Å²) in [5, 5.41) is 3.08. The lowest BCUT2D eigenvalue weighted by Crippen LogP contribution is -2.53. The van der Waals surface area contributed by atoms with Gasteiger partial charge >= 0.3 is 0 Å². The first-order valence-electron chi connectivity index (χ1n) is 12.6. The molecule has 7 nitrogen and oxygen atoms in total. The normalized spacial score (nSPS) is 19.0. The molecule has 2 aliphatic heterocycles. The molecule has 0 aromatic heterocycles. The summed E-state index contributed by atoms with van der Waals surface area (Å²) in [6.45, 7) is 5.36. The van der Waals surface area contributed by atoms with Crippen molar-refractivity contribution in [3.05, 3.63) is 89.5 Å². The average molecular weight is 521 g/mol. The highest BCUT2D eigenvalue weighted by molar-refractivity contribution is 7.92. The predicted octanol–water partition coefficient (Wildman–Crippen LogP) is 4.12. The van der Waals surface area contributed by atoms with E-state index < -0.39 is 16.1 Å². The number of sulfonamides is 1. The Kier molecular flexibility index (Phi) is 6.96. The molecule has 1 saturated heterocycles. The molecule has 0 unspecified atom stereocenters. The maximum atomic E-state index is 13.7. The number of hydrogen-bond acceptors (Lipinski definition) is 5. The van der Waals surface area contributed by atoms with Gasteiger partial charge in [-0.3, -0.25) is 9.10 Å². The Hall–Kier alpha value is -3.36. The first kappa shape index (κ1) is 25.3. The minimum atomic E-state index is -3.91. The van der Waals surface area contributed by atoms with E-state index in [1.54, 1.807) is 36.4 Å². The minimum Gasteiger partial charge on any atom is -0.476 e. The zero-order valence-corrected chi connectivity index (χ0v) is 22.0. The molecule has 3 aromatic rings. The number of nitrogens with zero attached hydrogens (tertiary/aromatic N) is 1. The highest BCUT2D eigenvalue weighted by Gasteiger charge is 2.40. The third-order valence-corrected chi connectivity index (χ3v) is 9.12. The summed E-state index contributed by atoms with van der Waals surface area (Å²) in [5.41, 5.74) is 3.22. The van der Waals surface area contributed by atoms with E-state index in [1.165, 1.54) is 4.31 Å². The highest BCUT2D eigenvalue weighted by Crippen LogP contribution is 2.38. The van der Waals surface area contributed by atoms with Crippen LogP contribution in [-0.4, -0.2) is 46.7 Å². The largest absolute Gasteiger partial charge is 0.476 e. The van der Waals surface area contributed by atoms with Gasteiger partial charge in [0.2, 0.25) is 0 Å². The zero-order chi connectivity index (χ0) is 26.0. The van der Waals surface area contributed by atoms with Crippen molar-refractivity contribution in [1.82, 2.24) is 5.32 Å². The first-order valence-corrected chi connectivity index (χ1v) is 14.0. The molecule has 1 amide bonds. The molecular formula is C29H32N2O5S. The Morgan fingerprint density at radius 3 is 2.35 bits per heavy atom. The van der Waals surface area contributed by atoms with E-state index in [-0.39, 0.29) is 22.8 Å². The number of aryl methyl sites for hydroxylation is 2. The molecule has 1 atom stereocenters. The molecule has 1 fully saturated rings. The van der Waals surface area contributed by atoms with Crippen LogP contribution in [0.5, 0.6) is 5.75 Å². The molecule has 5 rings (SSSR count). The number of hydrogen-bond donors (Lipinski definition) is 1. The second-order valence-electron chi connectivity index (χ2n) is 9.90. The van der Waals surface area contributed by atoms with Gasteiger partial charge in [0.15, 0.2) is 6.10 Å². The van der Waals surface area contributed by atoms with Gasteiger partial charge in [-0.25, -0.2) is 8.42 Å². The standard InChI is InChI=1S/C29H32N2O5S/c1-21-8-11-24(12-9-21)37(33,34)31-19-27(36-26-13-10-22(2)18-25(26)31)28(32)30-20-29(14-16-35-17-15-29)23-6-4-3-5-7-23/h3-13,18,27H,14-17,19-20H2,1-2H3,(H,30,32)/t27-/m0/s1. The number of ether oxygens (including phenoxy) is 2. The van der Waals surface area contributed by atoms with Crippen molar-refractivity contribution in [3.63, 3.8) is 0 Å². The maximum Gasteiger partial charge on any atom is 0.264 e. The van der Waals surface area contributed by atoms with Crippen molar-refractivity contribution >= 4 is 21.6 Å². The van der Waals surface area contributed by atoms with E-state index in [2.05, 4.69) is 17.4 Å². The van der Waals surface area contributed by atoms with Crippen molar-refractivity contribution in [2.45, 2.75) is 43.1 Å². The van der Waals surface area contributed by atoms with E-state index in [1.807, 2.05) is 38.1 Å². The number of benzene rings is 3. The molecule has 2 heterocycles. The minimum absolute atomic E-state index is 0.111. The van der Waals surface area contributed by atoms with E-state index in [0.29, 0.717) is 31.2 Å². The van der Waals surface area contributed by atoms with Crippen molar-refractivity contribution < 1.29 is 22.7 Å². The van der Waals surface area contributed by atoms with Crippen molar-refractivity contribution in [1.29, 1.82) is 0 Å². The van der Waals surface area contributed by atoms with E-state index in [4.69, 9.17) is 9.47 Å². The maximum absolute atomic E-state index is 13.7. The van der Waals surface area contributed by atoms with Crippen LogP contribution in [0.15, 0.2) is 77.7 Å². The number of amides is 1. The van der Waals surface area contributed by atoms with Gasteiger partial charge in [0.1, 0.15) is 5.75 Å². The molecule has 2 aliphatic rings. The van der Waals surface area contributed by atoms with Gasteiger partial charge in [0, 0.05) is 25.2 Å². The van der Waals surface area contributed by atoms with Gasteiger partial charge < -0.3 is 14.8 Å². The van der Waals surface area contributed by atoms with Crippen LogP contribution in [0.25, 0.3) is 0 Å². The summed E-state index contributed by atoms with van der Waals surface area (Å²) in [6.07, 6.45) is 0.598. The molecule has 1 N–H and O–H groups in total. The number of nitrogens with one attached hydrogen (secondary N) is 1. The SMILES string of the molecule is Cc1ccc(S(=O)(=O)N2C[C@@H](C(=O)NCC3(c4ccccc4)CCOCC3)Oc3ccc(C)cc32)cc1. The summed E-state index contributed by atoms with van der Waals surface area (Å²) in [6, 6.07) is 22.3. The fourth-order valence-electron chi connectivity index (χ4n) is 5.05. The number of fused-ring (bicyclic) bond motifs is 1. The lowest BCUT2D eigenvalue weighted by atomic mass is 9.74. The van der Waals surface area contributed by atoms with E-state index >= 15 is 0 Å². The van der Waals surface area contributed by atoms with Crippen LogP contribution in [0.4, 0.5) is 5.69 Å². The first-order chi connectivity index (χ1) is 17.8. The molecule has 0 radical (unpaired) electrons. The molecule has 0 aliphatic carbocycles. The van der Waals surface area contributed by atoms with Crippen LogP contribution in [-0.2, 0) is 25.0 Å². The lowest BCUT2D eigenvalue weighted by molar-refractivity contribution is -0.128. The summed E-state index contributed by atoms with van der Waals surface area (Å²) >= 11 is 0. The van der Waals surface area contributed by atoms with Crippen LogP contribution < -0.4 is 14.4 Å². The summed E-state index contributed by atoms with van der Waals surface area (Å²) < 4.78 is 40.4. The number of carbonyl (C=O) groups excluding carboxylic acids is 1. The zero-order valence-electron chi connectivity index (χ0n) is 21.1. The second-order valence-corrected chi connectivity index (χ2v) is 11.8. The molecule has 194 valence electrons. The highest BCUT2D eigenvalue weighted by atomic mass is 32.2. The Labute approximate surface area is 218 Å². The van der Waals surface area contributed by atoms with Gasteiger partial charge in [-0.15, -0.1) is 0 Å². The van der Waals surface area contributed by atoms with Crippen molar-refractivity contribution in [2.75, 3.05) is 30.6 Å². The summed E-state index contributed by atoms with van der Waals surface area (Å²) in [4.78, 5) is 13.6. The smallest absolute Gasteiger partial charge is 0.264 e. The molecule has 0 bridgehead atoms. The summed E-state index contributed by atoms with van der Waals surface area (Å²) in [7, 11) is -3.91. The fourth-order valence-corrected chi connectivity index (χ4v) is 6.52. The monoisotopic (exact) mass is 520 g/mol. The van der Waals surface area contributed by atoms with Gasteiger partial charge in [-0.1, -0.05) is 54.1 Å². The van der Waals surface area contributed by atoms with Crippen LogP contribution in [0.2, 0.25) is 0 Å². The molecule has 0 saturated carbocycles. The number of rotatable bonds is 6. The van der Waals surface area contributed by atoms with Crippen LogP contribution in [0.1, 0.15) is 29.5 Å². The molecule has 0 spiro atoms. The Bertz CT molecular complexity index is 1370. The Morgan fingerprint density at radius 2 is 1.65 bits per heavy atom. The number of carbonyl (C=O) groups is 1. The van der Waals surface area contributed by atoms with Gasteiger partial charge in [0.25, 0.3) is 15.9 Å². The van der Waals surface area contributed by atoms with Gasteiger partial charge in [-0.05, 0) is 62.1 Å². The molecule has 3 aromatic carbocycles. The van der Waals surface area contributed by atoms with Crippen molar-refractivity contribution in [3.8, 4) is 5.75 Å². The predicted molar refractivity (Wildman–Crippen MR) is 142 cm³/mol. The van der Waals surface area contributed by atoms with Gasteiger partial charge in [0.05, 0.1) is 17.1 Å². The van der Waals surface area contributed by atoms with Crippen LogP contribution >= 0.6 is 0 Å². The third kappa shape index (κ3) is 5.08. The fraction of sp³-hybridized carbons (Fsp3) is 0.345. The lowest BCUT2D eigenvalue weighted by Gasteiger charge is -2.39. The quantitative estimate of drug-likeness (QED) is 0.529. The molecular weight excluding hydrogens is 488 g/mol. The van der Waals surface area contributed by atoms with E-state index in [9.17, 15) is 13.2 Å². The van der Waals surface area contributed by atoms with E-state index in [0.717, 1.165) is 29.5 Å². The summed E-state index contributed by atoms with van der Waals surface area (Å²) in [5.74, 6) is 0.0358. The molecule has 37 heavy (non-hydrogen) atoms. The second kappa shape index (κ2) is 10.2.